The van der Waals surface area contributed by atoms with E-state index < -0.39 is 5.91 Å². The number of benzene rings is 2. The van der Waals surface area contributed by atoms with Crippen LogP contribution in [0.1, 0.15) is 15.9 Å². The summed E-state index contributed by atoms with van der Waals surface area (Å²) in [6.07, 6.45) is 3.26. The highest BCUT2D eigenvalue weighted by molar-refractivity contribution is 6.35. The van der Waals surface area contributed by atoms with Crippen LogP contribution in [0.4, 0.5) is 0 Å². The van der Waals surface area contributed by atoms with E-state index in [-0.39, 0.29) is 5.56 Å². The summed E-state index contributed by atoms with van der Waals surface area (Å²) in [6.45, 7) is 0. The average molecular weight is 344 g/mol. The number of carbonyl (C=O) groups is 1. The molecule has 0 saturated carbocycles. The van der Waals surface area contributed by atoms with E-state index in [0.717, 1.165) is 16.5 Å². The first kappa shape index (κ1) is 15.5. The van der Waals surface area contributed by atoms with Gasteiger partial charge in [0.05, 0.1) is 22.3 Å². The summed E-state index contributed by atoms with van der Waals surface area (Å²) in [7, 11) is 0. The SMILES string of the molecule is O=C(N/N=C/c1ccnc2ccccc12)c1cc(Cl)ccc1Cl. The number of nitrogens with one attached hydrogen (secondary N) is 1. The van der Waals surface area contributed by atoms with Gasteiger partial charge in [-0.05, 0) is 30.3 Å². The fourth-order valence-electron chi connectivity index (χ4n) is 2.12. The molecule has 0 fully saturated rings. The number of nitrogens with zero attached hydrogens (tertiary/aromatic N) is 2. The number of hydrogen-bond acceptors (Lipinski definition) is 3. The van der Waals surface area contributed by atoms with Crippen molar-refractivity contribution in [2.75, 3.05) is 0 Å². The van der Waals surface area contributed by atoms with Crippen LogP contribution in [0.3, 0.4) is 0 Å². The van der Waals surface area contributed by atoms with Crippen LogP contribution in [0.15, 0.2) is 59.8 Å². The van der Waals surface area contributed by atoms with Crippen molar-refractivity contribution in [1.82, 2.24) is 10.4 Å². The van der Waals surface area contributed by atoms with Crippen molar-refractivity contribution in [2.24, 2.45) is 5.10 Å². The molecule has 2 aromatic carbocycles. The van der Waals surface area contributed by atoms with Crippen LogP contribution in [0.5, 0.6) is 0 Å². The van der Waals surface area contributed by atoms with E-state index in [9.17, 15) is 4.79 Å². The molecule has 1 N–H and O–H groups in total. The molecule has 3 aromatic rings. The molecule has 1 aromatic heterocycles. The van der Waals surface area contributed by atoms with Gasteiger partial charge in [-0.1, -0.05) is 41.4 Å². The number of para-hydroxylation sites is 1. The highest BCUT2D eigenvalue weighted by Gasteiger charge is 2.10. The van der Waals surface area contributed by atoms with Gasteiger partial charge in [0.25, 0.3) is 5.91 Å². The van der Waals surface area contributed by atoms with Crippen LogP contribution in [0.2, 0.25) is 10.0 Å². The molecule has 0 bridgehead atoms. The topological polar surface area (TPSA) is 54.4 Å². The molecule has 0 atom stereocenters. The third kappa shape index (κ3) is 3.50. The molecule has 4 nitrogen and oxygen atoms in total. The lowest BCUT2D eigenvalue weighted by Crippen LogP contribution is -2.18. The van der Waals surface area contributed by atoms with E-state index in [4.69, 9.17) is 23.2 Å². The van der Waals surface area contributed by atoms with E-state index in [1.54, 1.807) is 24.5 Å². The lowest BCUT2D eigenvalue weighted by Gasteiger charge is -2.03. The fraction of sp³-hybridized carbons (Fsp3) is 0. The van der Waals surface area contributed by atoms with Gasteiger partial charge >= 0.3 is 0 Å². The van der Waals surface area contributed by atoms with Crippen LogP contribution in [0, 0.1) is 0 Å². The maximum Gasteiger partial charge on any atom is 0.272 e. The Morgan fingerprint density at radius 2 is 1.96 bits per heavy atom. The Hall–Kier alpha value is -2.43. The molecule has 1 heterocycles. The van der Waals surface area contributed by atoms with E-state index in [1.165, 1.54) is 6.07 Å². The smallest absolute Gasteiger partial charge is 0.267 e. The number of hydrazone groups is 1. The highest BCUT2D eigenvalue weighted by Crippen LogP contribution is 2.20. The van der Waals surface area contributed by atoms with Crippen molar-refractivity contribution in [3.8, 4) is 0 Å². The minimum Gasteiger partial charge on any atom is -0.267 e. The molecule has 0 radical (unpaired) electrons. The van der Waals surface area contributed by atoms with Crippen molar-refractivity contribution in [3.05, 3.63) is 75.9 Å². The third-order valence-corrected chi connectivity index (χ3v) is 3.79. The summed E-state index contributed by atoms with van der Waals surface area (Å²) in [5.41, 5.74) is 4.44. The van der Waals surface area contributed by atoms with Gasteiger partial charge in [-0.3, -0.25) is 9.78 Å². The van der Waals surface area contributed by atoms with Crippen molar-refractivity contribution in [2.45, 2.75) is 0 Å². The number of pyridine rings is 1. The largest absolute Gasteiger partial charge is 0.272 e. The predicted molar refractivity (Wildman–Crippen MR) is 93.3 cm³/mol. The quantitative estimate of drug-likeness (QED) is 0.569. The summed E-state index contributed by atoms with van der Waals surface area (Å²) in [4.78, 5) is 16.4. The lowest BCUT2D eigenvalue weighted by atomic mass is 10.1. The molecule has 1 amide bonds. The van der Waals surface area contributed by atoms with Gasteiger partial charge < -0.3 is 0 Å². The van der Waals surface area contributed by atoms with Crippen LogP contribution >= 0.6 is 23.2 Å². The van der Waals surface area contributed by atoms with Crippen LogP contribution in [-0.4, -0.2) is 17.1 Å². The molecular formula is C17H11Cl2N3O. The zero-order chi connectivity index (χ0) is 16.2. The van der Waals surface area contributed by atoms with Crippen molar-refractivity contribution in [1.29, 1.82) is 0 Å². The molecule has 6 heteroatoms. The molecule has 0 aliphatic carbocycles. The Balaban J connectivity index is 1.80. The molecular weight excluding hydrogens is 333 g/mol. The summed E-state index contributed by atoms with van der Waals surface area (Å²) in [5, 5.41) is 5.69. The van der Waals surface area contributed by atoms with Crippen molar-refractivity contribution >= 4 is 46.2 Å². The first-order valence-corrected chi connectivity index (χ1v) is 7.53. The molecule has 0 unspecified atom stereocenters. The second-order valence-electron chi connectivity index (χ2n) is 4.74. The van der Waals surface area contributed by atoms with Crippen molar-refractivity contribution < 1.29 is 4.79 Å². The zero-order valence-corrected chi connectivity index (χ0v) is 13.3. The van der Waals surface area contributed by atoms with E-state index in [2.05, 4.69) is 15.5 Å². The normalized spacial score (nSPS) is 11.0. The Kier molecular flexibility index (Phi) is 4.55. The molecule has 0 saturated heterocycles. The Morgan fingerprint density at radius 3 is 2.83 bits per heavy atom. The number of halogens is 2. The standard InChI is InChI=1S/C17H11Cl2N3O/c18-12-5-6-15(19)14(9-12)17(23)22-21-10-11-7-8-20-16-4-2-1-3-13(11)16/h1-10H,(H,22,23)/b21-10+. The second kappa shape index (κ2) is 6.77. The van der Waals surface area contributed by atoms with Gasteiger partial charge in [0.2, 0.25) is 0 Å². The number of fused-ring (bicyclic) bond motifs is 1. The van der Waals surface area contributed by atoms with Crippen LogP contribution in [-0.2, 0) is 0 Å². The highest BCUT2D eigenvalue weighted by atomic mass is 35.5. The Bertz CT molecular complexity index is 904. The number of aromatic nitrogens is 1. The van der Waals surface area contributed by atoms with Crippen LogP contribution in [0.25, 0.3) is 10.9 Å². The summed E-state index contributed by atoms with van der Waals surface area (Å²) >= 11 is 11.9. The van der Waals surface area contributed by atoms with E-state index in [1.807, 2.05) is 30.3 Å². The van der Waals surface area contributed by atoms with Gasteiger partial charge in [-0.25, -0.2) is 5.43 Å². The van der Waals surface area contributed by atoms with Crippen molar-refractivity contribution in [3.63, 3.8) is 0 Å². The molecule has 3 rings (SSSR count). The van der Waals surface area contributed by atoms with Gasteiger partial charge in [-0.15, -0.1) is 0 Å². The van der Waals surface area contributed by atoms with Gasteiger partial charge in [0.15, 0.2) is 0 Å². The monoisotopic (exact) mass is 343 g/mol. The Labute approximate surface area is 142 Å². The molecule has 23 heavy (non-hydrogen) atoms. The molecule has 0 aliphatic rings. The Morgan fingerprint density at radius 1 is 1.13 bits per heavy atom. The molecule has 0 spiro atoms. The minimum absolute atomic E-state index is 0.274. The summed E-state index contributed by atoms with van der Waals surface area (Å²) in [5.74, 6) is -0.424. The minimum atomic E-state index is -0.424. The predicted octanol–water partition coefficient (Wildman–Crippen LogP) is 4.31. The second-order valence-corrected chi connectivity index (χ2v) is 5.58. The number of rotatable bonds is 3. The van der Waals surface area contributed by atoms with E-state index in [0.29, 0.717) is 10.0 Å². The van der Waals surface area contributed by atoms with E-state index >= 15 is 0 Å². The van der Waals surface area contributed by atoms with Gasteiger partial charge in [-0.2, -0.15) is 5.10 Å². The zero-order valence-electron chi connectivity index (χ0n) is 11.8. The van der Waals surface area contributed by atoms with Gasteiger partial charge in [0.1, 0.15) is 0 Å². The summed E-state index contributed by atoms with van der Waals surface area (Å²) < 4.78 is 0. The number of amides is 1. The molecule has 114 valence electrons. The number of hydrogen-bond donors (Lipinski definition) is 1. The van der Waals surface area contributed by atoms with Gasteiger partial charge in [0, 0.05) is 22.2 Å². The first-order chi connectivity index (χ1) is 11.1. The first-order valence-electron chi connectivity index (χ1n) is 6.77. The molecule has 0 aliphatic heterocycles. The average Bonchev–Trinajstić information content (AvgIpc) is 2.57. The lowest BCUT2D eigenvalue weighted by molar-refractivity contribution is 0.0955. The number of carbonyl (C=O) groups excluding carboxylic acids is 1. The maximum atomic E-state index is 12.1. The maximum absolute atomic E-state index is 12.1. The van der Waals surface area contributed by atoms with Crippen LogP contribution < -0.4 is 5.43 Å². The third-order valence-electron chi connectivity index (χ3n) is 3.23. The fourth-order valence-corrected chi connectivity index (χ4v) is 2.50. The summed E-state index contributed by atoms with van der Waals surface area (Å²) in [6, 6.07) is 14.2.